The van der Waals surface area contributed by atoms with Crippen molar-refractivity contribution < 1.29 is 5.11 Å². The zero-order valence-electron chi connectivity index (χ0n) is 12.9. The van der Waals surface area contributed by atoms with Gasteiger partial charge in [0, 0.05) is 6.42 Å². The molecular weight excluding hydrogens is 244 g/mol. The molecule has 0 radical (unpaired) electrons. The van der Waals surface area contributed by atoms with E-state index in [1.807, 2.05) is 42.5 Å². The van der Waals surface area contributed by atoms with E-state index in [0.717, 1.165) is 18.4 Å². The summed E-state index contributed by atoms with van der Waals surface area (Å²) < 4.78 is 0. The van der Waals surface area contributed by atoms with Gasteiger partial charge >= 0.3 is 0 Å². The molecule has 0 fully saturated rings. The highest BCUT2D eigenvalue weighted by Crippen LogP contribution is 2.15. The molecule has 0 aliphatic rings. The molecule has 1 aromatic carbocycles. The SMILES string of the molecule is CCCCC(=C=C(C)C)CC(O)/C=C/c1ccccc1. The van der Waals surface area contributed by atoms with Crippen molar-refractivity contribution in [3.05, 3.63) is 58.8 Å². The molecule has 1 unspecified atom stereocenters. The second-order valence-corrected chi connectivity index (χ2v) is 5.37. The van der Waals surface area contributed by atoms with Crippen LogP contribution in [0, 0.1) is 0 Å². The molecule has 0 bridgehead atoms. The van der Waals surface area contributed by atoms with Gasteiger partial charge in [-0.15, -0.1) is 5.73 Å². The summed E-state index contributed by atoms with van der Waals surface area (Å²) in [4.78, 5) is 0. The van der Waals surface area contributed by atoms with Crippen LogP contribution in [0.1, 0.15) is 52.0 Å². The maximum atomic E-state index is 10.1. The maximum Gasteiger partial charge on any atom is 0.0767 e. The van der Waals surface area contributed by atoms with Crippen molar-refractivity contribution in [1.29, 1.82) is 0 Å². The molecular formula is C19H26O. The molecule has 0 spiro atoms. The van der Waals surface area contributed by atoms with Gasteiger partial charge in [0.2, 0.25) is 0 Å². The smallest absolute Gasteiger partial charge is 0.0767 e. The summed E-state index contributed by atoms with van der Waals surface area (Å²) >= 11 is 0. The first kappa shape index (κ1) is 16.5. The molecule has 108 valence electrons. The van der Waals surface area contributed by atoms with Crippen molar-refractivity contribution in [2.24, 2.45) is 0 Å². The van der Waals surface area contributed by atoms with E-state index in [0.29, 0.717) is 6.42 Å². The third-order valence-corrected chi connectivity index (χ3v) is 3.02. The third-order valence-electron chi connectivity index (χ3n) is 3.02. The number of benzene rings is 1. The van der Waals surface area contributed by atoms with E-state index in [9.17, 15) is 5.11 Å². The molecule has 1 heteroatoms. The van der Waals surface area contributed by atoms with Crippen molar-refractivity contribution in [2.45, 2.75) is 52.6 Å². The maximum absolute atomic E-state index is 10.1. The van der Waals surface area contributed by atoms with Crippen LogP contribution in [0.2, 0.25) is 0 Å². The van der Waals surface area contributed by atoms with Crippen LogP contribution in [0.4, 0.5) is 0 Å². The van der Waals surface area contributed by atoms with Crippen molar-refractivity contribution in [3.8, 4) is 0 Å². The van der Waals surface area contributed by atoms with Crippen molar-refractivity contribution >= 4 is 6.08 Å². The molecule has 0 heterocycles. The largest absolute Gasteiger partial charge is 0.389 e. The van der Waals surface area contributed by atoms with Gasteiger partial charge in [-0.25, -0.2) is 0 Å². The Morgan fingerprint density at radius 1 is 1.25 bits per heavy atom. The fourth-order valence-corrected chi connectivity index (χ4v) is 2.07. The van der Waals surface area contributed by atoms with E-state index >= 15 is 0 Å². The van der Waals surface area contributed by atoms with Gasteiger partial charge in [-0.2, -0.15) is 0 Å². The minimum atomic E-state index is -0.436. The predicted molar refractivity (Wildman–Crippen MR) is 87.5 cm³/mol. The molecule has 20 heavy (non-hydrogen) atoms. The van der Waals surface area contributed by atoms with E-state index in [-0.39, 0.29) is 0 Å². The summed E-state index contributed by atoms with van der Waals surface area (Å²) in [6, 6.07) is 10.1. The molecule has 1 atom stereocenters. The number of aliphatic hydroxyl groups is 1. The van der Waals surface area contributed by atoms with Gasteiger partial charge in [-0.05, 0) is 43.4 Å². The Kier molecular flexibility index (Phi) is 7.72. The minimum Gasteiger partial charge on any atom is -0.389 e. The lowest BCUT2D eigenvalue weighted by atomic mass is 10.0. The summed E-state index contributed by atoms with van der Waals surface area (Å²) in [6.07, 6.45) is 7.44. The normalized spacial score (nSPS) is 12.2. The Bertz CT molecular complexity index is 472. The van der Waals surface area contributed by atoms with E-state index in [1.165, 1.54) is 17.6 Å². The topological polar surface area (TPSA) is 20.2 Å². The Labute approximate surface area is 123 Å². The zero-order chi connectivity index (χ0) is 14.8. The highest BCUT2D eigenvalue weighted by atomic mass is 16.3. The summed E-state index contributed by atoms with van der Waals surface area (Å²) in [5.74, 6) is 0. The van der Waals surface area contributed by atoms with Gasteiger partial charge in [0.05, 0.1) is 6.10 Å². The standard InChI is InChI=1S/C19H26O/c1-4-5-9-18(14-16(2)3)15-19(20)13-12-17-10-7-6-8-11-17/h6-8,10-13,19-20H,4-5,9,15H2,1-3H3/b13-12+. The predicted octanol–water partition coefficient (Wildman–Crippen LogP) is 5.13. The zero-order valence-corrected chi connectivity index (χ0v) is 12.9. The summed E-state index contributed by atoms with van der Waals surface area (Å²) in [5.41, 5.74) is 6.90. The number of hydrogen-bond acceptors (Lipinski definition) is 1. The molecule has 1 rings (SSSR count). The van der Waals surface area contributed by atoms with E-state index < -0.39 is 6.10 Å². The Morgan fingerprint density at radius 2 is 1.95 bits per heavy atom. The van der Waals surface area contributed by atoms with Crippen LogP contribution in [-0.2, 0) is 0 Å². The van der Waals surface area contributed by atoms with Crippen LogP contribution in [-0.4, -0.2) is 11.2 Å². The summed E-state index contributed by atoms with van der Waals surface area (Å²) in [7, 11) is 0. The second kappa shape index (κ2) is 9.36. The first-order valence-corrected chi connectivity index (χ1v) is 7.45. The summed E-state index contributed by atoms with van der Waals surface area (Å²) in [5, 5.41) is 10.1. The molecule has 0 amide bonds. The highest BCUT2D eigenvalue weighted by molar-refractivity contribution is 5.49. The number of rotatable bonds is 7. The fourth-order valence-electron chi connectivity index (χ4n) is 2.07. The molecule has 0 aromatic heterocycles. The molecule has 0 aliphatic carbocycles. The van der Waals surface area contributed by atoms with Gasteiger partial charge in [0.25, 0.3) is 0 Å². The van der Waals surface area contributed by atoms with E-state index in [1.54, 1.807) is 0 Å². The monoisotopic (exact) mass is 270 g/mol. The van der Waals surface area contributed by atoms with Crippen LogP contribution in [0.5, 0.6) is 0 Å². The van der Waals surface area contributed by atoms with E-state index in [4.69, 9.17) is 0 Å². The number of unbranched alkanes of at least 4 members (excludes halogenated alkanes) is 1. The number of aliphatic hydroxyl groups excluding tert-OH is 1. The van der Waals surface area contributed by atoms with Crippen molar-refractivity contribution in [2.75, 3.05) is 0 Å². The Hall–Kier alpha value is -1.56. The van der Waals surface area contributed by atoms with Gasteiger partial charge in [-0.3, -0.25) is 0 Å². The van der Waals surface area contributed by atoms with Crippen LogP contribution < -0.4 is 0 Å². The van der Waals surface area contributed by atoms with E-state index in [2.05, 4.69) is 26.5 Å². The van der Waals surface area contributed by atoms with Gasteiger partial charge in [0.1, 0.15) is 0 Å². The lowest BCUT2D eigenvalue weighted by Gasteiger charge is -2.08. The molecule has 0 aliphatic heterocycles. The highest BCUT2D eigenvalue weighted by Gasteiger charge is 2.04. The Morgan fingerprint density at radius 3 is 2.55 bits per heavy atom. The first-order chi connectivity index (χ1) is 9.61. The summed E-state index contributed by atoms with van der Waals surface area (Å²) in [6.45, 7) is 6.29. The van der Waals surface area contributed by atoms with Crippen molar-refractivity contribution in [1.82, 2.24) is 0 Å². The van der Waals surface area contributed by atoms with Gasteiger partial charge < -0.3 is 5.11 Å². The van der Waals surface area contributed by atoms with Crippen molar-refractivity contribution in [3.63, 3.8) is 0 Å². The van der Waals surface area contributed by atoms with Crippen LogP contribution in [0.25, 0.3) is 6.08 Å². The number of hydrogen-bond donors (Lipinski definition) is 1. The minimum absolute atomic E-state index is 0.436. The Balaban J connectivity index is 2.65. The molecule has 0 saturated heterocycles. The molecule has 0 saturated carbocycles. The van der Waals surface area contributed by atoms with Gasteiger partial charge in [-0.1, -0.05) is 55.8 Å². The van der Waals surface area contributed by atoms with Crippen LogP contribution in [0.3, 0.4) is 0 Å². The molecule has 1 nitrogen and oxygen atoms in total. The average Bonchev–Trinajstić information content (AvgIpc) is 2.43. The second-order valence-electron chi connectivity index (χ2n) is 5.37. The van der Waals surface area contributed by atoms with Crippen LogP contribution in [0.15, 0.2) is 53.3 Å². The van der Waals surface area contributed by atoms with Crippen LogP contribution >= 0.6 is 0 Å². The fraction of sp³-hybridized carbons (Fsp3) is 0.421. The van der Waals surface area contributed by atoms with Gasteiger partial charge in [0.15, 0.2) is 0 Å². The quantitative estimate of drug-likeness (QED) is 0.681. The lowest BCUT2D eigenvalue weighted by molar-refractivity contribution is 0.223. The first-order valence-electron chi connectivity index (χ1n) is 7.45. The third kappa shape index (κ3) is 7.13. The average molecular weight is 270 g/mol. The molecule has 1 aromatic rings. The lowest BCUT2D eigenvalue weighted by Crippen LogP contribution is -2.03. The molecule has 1 N–H and O–H groups in total.